The number of nitrogens with zero attached hydrogens (tertiary/aromatic N) is 3. The maximum Gasteiger partial charge on any atom is 0.256 e. The van der Waals surface area contributed by atoms with Gasteiger partial charge in [-0.15, -0.1) is 0 Å². The van der Waals surface area contributed by atoms with Crippen LogP contribution in [0.5, 0.6) is 0 Å². The SMILES string of the molecule is N#CCC(=O)Nc1ccccc1C(=O)N1CCN(c2ccccc2)CC1. The Hall–Kier alpha value is -3.33. The zero-order valence-corrected chi connectivity index (χ0v) is 14.4. The average molecular weight is 348 g/mol. The molecule has 6 heteroatoms. The molecule has 0 atom stereocenters. The van der Waals surface area contributed by atoms with Gasteiger partial charge in [0.05, 0.1) is 17.3 Å². The highest BCUT2D eigenvalue weighted by molar-refractivity contribution is 6.04. The summed E-state index contributed by atoms with van der Waals surface area (Å²) in [5.41, 5.74) is 2.05. The molecule has 1 fully saturated rings. The standard InChI is InChI=1S/C20H20N4O2/c21-11-10-19(25)22-18-9-5-4-8-17(18)20(26)24-14-12-23(13-15-24)16-6-2-1-3-7-16/h1-9H,10,12-15H2,(H,22,25). The lowest BCUT2D eigenvalue weighted by molar-refractivity contribution is -0.115. The molecule has 0 saturated carbocycles. The molecule has 0 unspecified atom stereocenters. The first-order valence-electron chi connectivity index (χ1n) is 8.54. The van der Waals surface area contributed by atoms with E-state index in [1.165, 1.54) is 0 Å². The van der Waals surface area contributed by atoms with E-state index in [0.29, 0.717) is 24.3 Å². The van der Waals surface area contributed by atoms with Crippen LogP contribution in [0.15, 0.2) is 54.6 Å². The van der Waals surface area contributed by atoms with Crippen molar-refractivity contribution in [1.29, 1.82) is 5.26 Å². The van der Waals surface area contributed by atoms with Crippen LogP contribution >= 0.6 is 0 Å². The molecule has 0 spiro atoms. The van der Waals surface area contributed by atoms with Gasteiger partial charge in [-0.05, 0) is 24.3 Å². The fourth-order valence-electron chi connectivity index (χ4n) is 3.02. The van der Waals surface area contributed by atoms with Gasteiger partial charge in [0.15, 0.2) is 0 Å². The normalized spacial score (nSPS) is 13.8. The van der Waals surface area contributed by atoms with Gasteiger partial charge < -0.3 is 15.1 Å². The number of para-hydroxylation sites is 2. The molecule has 2 amide bonds. The Balaban J connectivity index is 1.67. The number of anilines is 2. The lowest BCUT2D eigenvalue weighted by Gasteiger charge is -2.36. The van der Waals surface area contributed by atoms with E-state index in [4.69, 9.17) is 5.26 Å². The maximum absolute atomic E-state index is 12.9. The molecular formula is C20H20N4O2. The van der Waals surface area contributed by atoms with Crippen molar-refractivity contribution in [3.8, 4) is 6.07 Å². The van der Waals surface area contributed by atoms with Crippen LogP contribution in [0.3, 0.4) is 0 Å². The molecule has 3 rings (SSSR count). The molecule has 0 bridgehead atoms. The highest BCUT2D eigenvalue weighted by Crippen LogP contribution is 2.20. The number of hydrogen-bond acceptors (Lipinski definition) is 4. The van der Waals surface area contributed by atoms with Crippen molar-refractivity contribution in [2.75, 3.05) is 36.4 Å². The Kier molecular flexibility index (Phi) is 5.49. The molecule has 2 aromatic rings. The number of benzene rings is 2. The number of amides is 2. The zero-order chi connectivity index (χ0) is 18.4. The summed E-state index contributed by atoms with van der Waals surface area (Å²) >= 11 is 0. The van der Waals surface area contributed by atoms with Crippen LogP contribution < -0.4 is 10.2 Å². The van der Waals surface area contributed by atoms with Gasteiger partial charge in [0, 0.05) is 31.9 Å². The minimum Gasteiger partial charge on any atom is -0.368 e. The van der Waals surface area contributed by atoms with E-state index in [1.807, 2.05) is 24.3 Å². The summed E-state index contributed by atoms with van der Waals surface area (Å²) < 4.78 is 0. The molecular weight excluding hydrogens is 328 g/mol. The molecule has 6 nitrogen and oxygen atoms in total. The van der Waals surface area contributed by atoms with Crippen LogP contribution in [0.25, 0.3) is 0 Å². The largest absolute Gasteiger partial charge is 0.368 e. The fraction of sp³-hybridized carbons (Fsp3) is 0.250. The smallest absolute Gasteiger partial charge is 0.256 e. The maximum atomic E-state index is 12.9. The highest BCUT2D eigenvalue weighted by atomic mass is 16.2. The van der Waals surface area contributed by atoms with Gasteiger partial charge in [0.25, 0.3) is 5.91 Å². The van der Waals surface area contributed by atoms with Crippen LogP contribution in [0, 0.1) is 11.3 Å². The summed E-state index contributed by atoms with van der Waals surface area (Å²) in [5, 5.41) is 11.3. The number of nitrogens with one attached hydrogen (secondary N) is 1. The Bertz CT molecular complexity index is 821. The van der Waals surface area contributed by atoms with E-state index in [0.717, 1.165) is 18.8 Å². The summed E-state index contributed by atoms with van der Waals surface area (Å²) in [7, 11) is 0. The molecule has 26 heavy (non-hydrogen) atoms. The van der Waals surface area contributed by atoms with Gasteiger partial charge in [-0.2, -0.15) is 5.26 Å². The Morgan fingerprint density at radius 3 is 2.31 bits per heavy atom. The fourth-order valence-corrected chi connectivity index (χ4v) is 3.02. The van der Waals surface area contributed by atoms with Gasteiger partial charge in [-0.25, -0.2) is 0 Å². The van der Waals surface area contributed by atoms with Crippen molar-refractivity contribution >= 4 is 23.2 Å². The number of rotatable bonds is 4. The first-order valence-corrected chi connectivity index (χ1v) is 8.54. The van der Waals surface area contributed by atoms with Crippen molar-refractivity contribution in [3.63, 3.8) is 0 Å². The van der Waals surface area contributed by atoms with Crippen LogP contribution in [0.2, 0.25) is 0 Å². The Morgan fingerprint density at radius 2 is 1.62 bits per heavy atom. The van der Waals surface area contributed by atoms with Crippen molar-refractivity contribution < 1.29 is 9.59 Å². The molecule has 1 N–H and O–H groups in total. The van der Waals surface area contributed by atoms with Gasteiger partial charge >= 0.3 is 0 Å². The molecule has 0 aromatic heterocycles. The average Bonchev–Trinajstić information content (AvgIpc) is 2.69. The minimum atomic E-state index is -0.415. The third-order valence-electron chi connectivity index (χ3n) is 4.36. The molecule has 1 saturated heterocycles. The van der Waals surface area contributed by atoms with Crippen molar-refractivity contribution in [2.45, 2.75) is 6.42 Å². The van der Waals surface area contributed by atoms with Gasteiger partial charge in [0.2, 0.25) is 5.91 Å². The summed E-state index contributed by atoms with van der Waals surface area (Å²) in [4.78, 5) is 28.6. The summed E-state index contributed by atoms with van der Waals surface area (Å²) in [5.74, 6) is -0.521. The monoisotopic (exact) mass is 348 g/mol. The van der Waals surface area contributed by atoms with Crippen molar-refractivity contribution in [1.82, 2.24) is 4.90 Å². The first kappa shape index (κ1) is 17.5. The Labute approximate surface area is 152 Å². The van der Waals surface area contributed by atoms with Crippen molar-refractivity contribution in [2.24, 2.45) is 0 Å². The van der Waals surface area contributed by atoms with Crippen LogP contribution in [-0.2, 0) is 4.79 Å². The summed E-state index contributed by atoms with van der Waals surface area (Å²) in [6.45, 7) is 2.76. The molecule has 0 aliphatic carbocycles. The Morgan fingerprint density at radius 1 is 0.962 bits per heavy atom. The van der Waals surface area contributed by atoms with Crippen molar-refractivity contribution in [3.05, 3.63) is 60.2 Å². The highest BCUT2D eigenvalue weighted by Gasteiger charge is 2.24. The van der Waals surface area contributed by atoms with E-state index in [-0.39, 0.29) is 12.3 Å². The number of carbonyl (C=O) groups excluding carboxylic acids is 2. The van der Waals surface area contributed by atoms with Crippen LogP contribution in [0.1, 0.15) is 16.8 Å². The number of piperazine rings is 1. The number of carbonyl (C=O) groups is 2. The number of hydrogen-bond donors (Lipinski definition) is 1. The molecule has 1 heterocycles. The minimum absolute atomic E-state index is 0.106. The van der Waals surface area contributed by atoms with E-state index in [2.05, 4.69) is 22.3 Å². The lowest BCUT2D eigenvalue weighted by Crippen LogP contribution is -2.48. The zero-order valence-electron chi connectivity index (χ0n) is 14.4. The van der Waals surface area contributed by atoms with E-state index < -0.39 is 5.91 Å². The summed E-state index contributed by atoms with van der Waals surface area (Å²) in [6, 6.07) is 18.9. The summed E-state index contributed by atoms with van der Waals surface area (Å²) in [6.07, 6.45) is -0.238. The third-order valence-corrected chi connectivity index (χ3v) is 4.36. The van der Waals surface area contributed by atoms with E-state index in [9.17, 15) is 9.59 Å². The molecule has 1 aliphatic rings. The first-order chi connectivity index (χ1) is 12.7. The topological polar surface area (TPSA) is 76.4 Å². The van der Waals surface area contributed by atoms with E-state index >= 15 is 0 Å². The second kappa shape index (κ2) is 8.17. The second-order valence-electron chi connectivity index (χ2n) is 6.04. The third kappa shape index (κ3) is 4.01. The molecule has 1 aliphatic heterocycles. The van der Waals surface area contributed by atoms with Gasteiger partial charge in [-0.1, -0.05) is 30.3 Å². The van der Waals surface area contributed by atoms with Crippen LogP contribution in [0.4, 0.5) is 11.4 Å². The quantitative estimate of drug-likeness (QED) is 0.921. The second-order valence-corrected chi connectivity index (χ2v) is 6.04. The predicted molar refractivity (Wildman–Crippen MR) is 99.9 cm³/mol. The van der Waals surface area contributed by atoms with Gasteiger partial charge in [-0.3, -0.25) is 9.59 Å². The van der Waals surface area contributed by atoms with Crippen LogP contribution in [-0.4, -0.2) is 42.9 Å². The molecule has 0 radical (unpaired) electrons. The molecule has 2 aromatic carbocycles. The van der Waals surface area contributed by atoms with Gasteiger partial charge in [0.1, 0.15) is 6.42 Å². The predicted octanol–water partition coefficient (Wildman–Crippen LogP) is 2.50. The van der Waals surface area contributed by atoms with E-state index in [1.54, 1.807) is 29.2 Å². The lowest BCUT2D eigenvalue weighted by atomic mass is 10.1. The molecule has 132 valence electrons. The number of nitriles is 1.